The first kappa shape index (κ1) is 25.9. The normalized spacial score (nSPS) is 11.5. The summed E-state index contributed by atoms with van der Waals surface area (Å²) >= 11 is 0. The maximum atomic E-state index is 13.1. The molecule has 36 heavy (non-hydrogen) atoms. The molecular formula is C24H25N5O7. The zero-order chi connectivity index (χ0) is 26.4. The van der Waals surface area contributed by atoms with Gasteiger partial charge in [-0.3, -0.25) is 28.8 Å². The van der Waals surface area contributed by atoms with Gasteiger partial charge in [0.25, 0.3) is 17.4 Å². The highest BCUT2D eigenvalue weighted by Crippen LogP contribution is 2.25. The minimum Gasteiger partial charge on any atom is -0.451 e. The molecule has 0 saturated carbocycles. The van der Waals surface area contributed by atoms with Crippen molar-refractivity contribution in [2.24, 2.45) is 5.73 Å². The topological polar surface area (TPSA) is 183 Å². The van der Waals surface area contributed by atoms with E-state index in [0.29, 0.717) is 11.1 Å². The molecule has 0 bridgehead atoms. The van der Waals surface area contributed by atoms with Gasteiger partial charge in [-0.1, -0.05) is 18.2 Å². The SMILES string of the molecule is CNC(=O)C(=O)CC[C@H](NC(=O)c1oc2ccccc2c1C)C(=O)Nc1cccn(CC(N)=O)c1=O. The number of primary amides is 1. The molecule has 0 unspecified atom stereocenters. The van der Waals surface area contributed by atoms with Crippen molar-refractivity contribution < 1.29 is 28.4 Å². The number of carbonyl (C=O) groups excluding carboxylic acids is 5. The van der Waals surface area contributed by atoms with Crippen LogP contribution in [-0.2, 0) is 25.7 Å². The maximum absolute atomic E-state index is 13.1. The minimum atomic E-state index is -1.30. The Kier molecular flexibility index (Phi) is 8.00. The number of ketones is 1. The Balaban J connectivity index is 1.85. The summed E-state index contributed by atoms with van der Waals surface area (Å²) < 4.78 is 6.65. The first-order valence-corrected chi connectivity index (χ1v) is 10.9. The third-order valence-electron chi connectivity index (χ3n) is 5.42. The first-order chi connectivity index (χ1) is 17.1. The molecule has 0 aliphatic carbocycles. The lowest BCUT2D eigenvalue weighted by Gasteiger charge is -2.18. The number of hydrogen-bond acceptors (Lipinski definition) is 7. The summed E-state index contributed by atoms with van der Waals surface area (Å²) in [6, 6.07) is 8.46. The van der Waals surface area contributed by atoms with Gasteiger partial charge in [0.1, 0.15) is 23.9 Å². The quantitative estimate of drug-likeness (QED) is 0.290. The molecule has 12 heteroatoms. The smallest absolute Gasteiger partial charge is 0.287 e. The first-order valence-electron chi connectivity index (χ1n) is 10.9. The molecule has 1 aromatic carbocycles. The van der Waals surface area contributed by atoms with Crippen molar-refractivity contribution in [2.45, 2.75) is 32.4 Å². The number of carbonyl (C=O) groups is 5. The molecule has 3 rings (SSSR count). The number of benzene rings is 1. The van der Waals surface area contributed by atoms with E-state index >= 15 is 0 Å². The third-order valence-corrected chi connectivity index (χ3v) is 5.42. The van der Waals surface area contributed by atoms with Crippen LogP contribution in [0.2, 0.25) is 0 Å². The zero-order valence-electron chi connectivity index (χ0n) is 19.6. The van der Waals surface area contributed by atoms with E-state index < -0.39 is 47.6 Å². The molecule has 4 amide bonds. The van der Waals surface area contributed by atoms with Gasteiger partial charge in [-0.25, -0.2) is 0 Å². The van der Waals surface area contributed by atoms with Crippen LogP contribution in [0.15, 0.2) is 51.8 Å². The lowest BCUT2D eigenvalue weighted by molar-refractivity contribution is -0.137. The van der Waals surface area contributed by atoms with Gasteiger partial charge in [0.15, 0.2) is 5.76 Å². The largest absolute Gasteiger partial charge is 0.451 e. The number of aryl methyl sites for hydroxylation is 1. The fourth-order valence-corrected chi connectivity index (χ4v) is 3.56. The molecule has 0 radical (unpaired) electrons. The van der Waals surface area contributed by atoms with Crippen molar-refractivity contribution in [2.75, 3.05) is 12.4 Å². The van der Waals surface area contributed by atoms with Crippen molar-refractivity contribution >= 4 is 46.1 Å². The Labute approximate surface area is 204 Å². The molecule has 5 N–H and O–H groups in total. The van der Waals surface area contributed by atoms with Crippen LogP contribution < -0.4 is 27.2 Å². The molecule has 2 aromatic heterocycles. The molecule has 0 fully saturated rings. The van der Waals surface area contributed by atoms with E-state index in [1.807, 2.05) is 0 Å². The van der Waals surface area contributed by atoms with Gasteiger partial charge in [0.05, 0.1) is 0 Å². The van der Waals surface area contributed by atoms with Crippen LogP contribution in [-0.4, -0.2) is 47.1 Å². The van der Waals surface area contributed by atoms with E-state index in [1.54, 1.807) is 31.2 Å². The second kappa shape index (κ2) is 11.1. The number of fused-ring (bicyclic) bond motifs is 1. The van der Waals surface area contributed by atoms with Crippen molar-refractivity contribution in [1.82, 2.24) is 15.2 Å². The molecule has 2 heterocycles. The molecule has 0 aliphatic rings. The number of furan rings is 1. The maximum Gasteiger partial charge on any atom is 0.287 e. The molecule has 188 valence electrons. The highest BCUT2D eigenvalue weighted by Gasteiger charge is 2.27. The van der Waals surface area contributed by atoms with Crippen molar-refractivity contribution in [1.29, 1.82) is 0 Å². The number of Topliss-reactive ketones (excluding diaryl/α,β-unsaturated/α-hetero) is 1. The highest BCUT2D eigenvalue weighted by atomic mass is 16.3. The average Bonchev–Trinajstić information content (AvgIpc) is 3.19. The van der Waals surface area contributed by atoms with E-state index in [1.165, 1.54) is 25.4 Å². The number of hydrogen-bond donors (Lipinski definition) is 4. The van der Waals surface area contributed by atoms with Crippen LogP contribution in [0.3, 0.4) is 0 Å². The third kappa shape index (κ3) is 5.84. The number of anilines is 1. The number of nitrogens with two attached hydrogens (primary N) is 1. The molecular weight excluding hydrogens is 470 g/mol. The number of rotatable bonds is 10. The molecule has 3 aromatic rings. The average molecular weight is 495 g/mol. The van der Waals surface area contributed by atoms with Crippen LogP contribution in [0.5, 0.6) is 0 Å². The van der Waals surface area contributed by atoms with Gasteiger partial charge >= 0.3 is 0 Å². The lowest BCUT2D eigenvalue weighted by atomic mass is 10.1. The van der Waals surface area contributed by atoms with Crippen LogP contribution in [0, 0.1) is 6.92 Å². The summed E-state index contributed by atoms with van der Waals surface area (Å²) in [5.41, 5.74) is 5.32. The Bertz CT molecular complexity index is 1410. The monoisotopic (exact) mass is 495 g/mol. The lowest BCUT2D eigenvalue weighted by Crippen LogP contribution is -2.45. The van der Waals surface area contributed by atoms with Gasteiger partial charge < -0.3 is 30.7 Å². The predicted molar refractivity (Wildman–Crippen MR) is 129 cm³/mol. The van der Waals surface area contributed by atoms with Gasteiger partial charge in [0.2, 0.25) is 17.6 Å². The Morgan fingerprint density at radius 2 is 1.81 bits per heavy atom. The summed E-state index contributed by atoms with van der Waals surface area (Å²) in [5, 5.41) is 7.85. The Morgan fingerprint density at radius 1 is 1.08 bits per heavy atom. The van der Waals surface area contributed by atoms with Gasteiger partial charge in [-0.15, -0.1) is 0 Å². The predicted octanol–water partition coefficient (Wildman–Crippen LogP) is 0.221. The van der Waals surface area contributed by atoms with Crippen molar-refractivity contribution in [3.8, 4) is 0 Å². The number of nitrogens with one attached hydrogen (secondary N) is 3. The number of amides is 4. The van der Waals surface area contributed by atoms with E-state index in [-0.39, 0.29) is 24.3 Å². The van der Waals surface area contributed by atoms with Crippen LogP contribution in [0.4, 0.5) is 5.69 Å². The summed E-state index contributed by atoms with van der Waals surface area (Å²) in [5.74, 6) is -3.92. The number of likely N-dealkylation sites (N-methyl/N-ethyl adjacent to an activating group) is 1. The second-order valence-electron chi connectivity index (χ2n) is 7.93. The second-order valence-corrected chi connectivity index (χ2v) is 7.93. The van der Waals surface area contributed by atoms with Crippen molar-refractivity contribution in [3.05, 3.63) is 64.3 Å². The fraction of sp³-hybridized carbons (Fsp3) is 0.250. The minimum absolute atomic E-state index is 0.0184. The van der Waals surface area contributed by atoms with E-state index in [9.17, 15) is 28.8 Å². The van der Waals surface area contributed by atoms with Crippen LogP contribution >= 0.6 is 0 Å². The number of para-hydroxylation sites is 1. The molecule has 0 spiro atoms. The zero-order valence-corrected chi connectivity index (χ0v) is 19.6. The van der Waals surface area contributed by atoms with E-state index in [2.05, 4.69) is 16.0 Å². The van der Waals surface area contributed by atoms with E-state index in [0.717, 1.165) is 9.95 Å². The fourth-order valence-electron chi connectivity index (χ4n) is 3.56. The van der Waals surface area contributed by atoms with Gasteiger partial charge in [-0.05, 0) is 31.5 Å². The van der Waals surface area contributed by atoms with Gasteiger partial charge in [-0.2, -0.15) is 0 Å². The van der Waals surface area contributed by atoms with Gasteiger partial charge in [0, 0.05) is 30.6 Å². The summed E-state index contributed by atoms with van der Waals surface area (Å²) in [6.07, 6.45) is 0.748. The summed E-state index contributed by atoms with van der Waals surface area (Å²) in [7, 11) is 1.29. The standard InChI is InChI=1S/C24H25N5O7/c1-13-14-6-3-4-8-18(14)36-20(13)23(34)27-15(9-10-17(30)22(33)26-2)21(32)28-16-7-5-11-29(24(16)35)12-19(25)31/h3-8,11,15H,9-10,12H2,1-2H3,(H2,25,31)(H,26,33)(H,27,34)(H,28,32)/t15-/m0/s1. The number of nitrogens with zero attached hydrogens (tertiary/aromatic N) is 1. The Morgan fingerprint density at radius 3 is 2.47 bits per heavy atom. The molecule has 0 aliphatic heterocycles. The molecule has 1 atom stereocenters. The highest BCUT2D eigenvalue weighted by molar-refractivity contribution is 6.36. The van der Waals surface area contributed by atoms with E-state index in [4.69, 9.17) is 10.2 Å². The molecule has 12 nitrogen and oxygen atoms in total. The summed E-state index contributed by atoms with van der Waals surface area (Å²) in [6.45, 7) is 1.30. The Hall–Kier alpha value is -4.74. The van der Waals surface area contributed by atoms with Crippen LogP contribution in [0.25, 0.3) is 11.0 Å². The molecule has 0 saturated heterocycles. The van der Waals surface area contributed by atoms with Crippen LogP contribution in [0.1, 0.15) is 29.0 Å². The summed E-state index contributed by atoms with van der Waals surface area (Å²) in [4.78, 5) is 73.5. The van der Waals surface area contributed by atoms with Crippen molar-refractivity contribution in [3.63, 3.8) is 0 Å². The number of pyridine rings is 1. The number of aromatic nitrogens is 1.